The summed E-state index contributed by atoms with van der Waals surface area (Å²) < 4.78 is 5.93. The van der Waals surface area contributed by atoms with Gasteiger partial charge in [-0.3, -0.25) is 19.8 Å². The molecule has 1 fully saturated rings. The molecule has 1 aliphatic rings. The van der Waals surface area contributed by atoms with Gasteiger partial charge in [-0.2, -0.15) is 0 Å². The van der Waals surface area contributed by atoms with E-state index in [0.29, 0.717) is 6.54 Å². The minimum absolute atomic E-state index is 0.196. The predicted molar refractivity (Wildman–Crippen MR) is 69.1 cm³/mol. The van der Waals surface area contributed by atoms with Gasteiger partial charge in [-0.15, -0.1) is 0 Å². The summed E-state index contributed by atoms with van der Waals surface area (Å²) in [5, 5.41) is 2.76. The third kappa shape index (κ3) is 2.70. The Morgan fingerprint density at radius 1 is 1.33 bits per heavy atom. The molecule has 2 rings (SSSR count). The smallest absolute Gasteiger partial charge is 0.243 e. The Labute approximate surface area is 113 Å². The lowest BCUT2D eigenvalue weighted by Gasteiger charge is -2.25. The lowest BCUT2D eigenvalue weighted by Crippen LogP contribution is -2.51. The zero-order valence-electron chi connectivity index (χ0n) is 9.90. The molecule has 0 aliphatic carbocycles. The zero-order chi connectivity index (χ0) is 13.1. The summed E-state index contributed by atoms with van der Waals surface area (Å²) in [6.07, 6.45) is 0. The van der Waals surface area contributed by atoms with Crippen molar-refractivity contribution in [1.82, 2.24) is 10.2 Å². The molecule has 6 heteroatoms. The number of hydrogen-bond donors (Lipinski definition) is 1. The molecule has 0 spiro atoms. The Morgan fingerprint density at radius 3 is 2.56 bits per heavy atom. The first-order chi connectivity index (χ1) is 8.61. The molecule has 0 bridgehead atoms. The van der Waals surface area contributed by atoms with E-state index in [1.54, 1.807) is 13.2 Å². The first kappa shape index (κ1) is 13.0. The number of hydrogen-bond acceptors (Lipinski definition) is 4. The van der Waals surface area contributed by atoms with Gasteiger partial charge in [0, 0.05) is 0 Å². The summed E-state index contributed by atoms with van der Waals surface area (Å²) in [7, 11) is 1.59. The molecule has 2 amide bonds. The zero-order valence-corrected chi connectivity index (χ0v) is 11.5. The van der Waals surface area contributed by atoms with Crippen LogP contribution in [0.1, 0.15) is 5.56 Å². The van der Waals surface area contributed by atoms with Crippen LogP contribution < -0.4 is 10.1 Å². The normalized spacial score (nSPS) is 16.0. The van der Waals surface area contributed by atoms with E-state index in [1.807, 2.05) is 12.1 Å². The largest absolute Gasteiger partial charge is 0.496 e. The number of ether oxygens (including phenoxy) is 1. The third-order valence-corrected chi connectivity index (χ3v) is 3.33. The van der Waals surface area contributed by atoms with E-state index in [9.17, 15) is 9.59 Å². The fraction of sp³-hybridized carbons (Fsp3) is 0.333. The highest BCUT2D eigenvalue weighted by molar-refractivity contribution is 9.10. The minimum atomic E-state index is -0.196. The topological polar surface area (TPSA) is 58.6 Å². The van der Waals surface area contributed by atoms with Crippen LogP contribution in [0, 0.1) is 0 Å². The Hall–Kier alpha value is -1.40. The fourth-order valence-corrected chi connectivity index (χ4v) is 2.36. The molecule has 0 unspecified atom stereocenters. The maximum atomic E-state index is 11.6. The van der Waals surface area contributed by atoms with Gasteiger partial charge in [0.15, 0.2) is 0 Å². The number of nitrogens with zero attached hydrogens (tertiary/aromatic N) is 1. The Balaban J connectivity index is 2.15. The van der Waals surface area contributed by atoms with Crippen LogP contribution in [0.5, 0.6) is 5.75 Å². The number of carbonyl (C=O) groups excluding carboxylic acids is 2. The van der Waals surface area contributed by atoms with Gasteiger partial charge in [0.05, 0.1) is 31.2 Å². The number of halogens is 1. The van der Waals surface area contributed by atoms with Gasteiger partial charge in [0.1, 0.15) is 5.75 Å². The molecule has 1 aromatic carbocycles. The van der Waals surface area contributed by atoms with E-state index in [-0.39, 0.29) is 24.9 Å². The monoisotopic (exact) mass is 312 g/mol. The van der Waals surface area contributed by atoms with Crippen LogP contribution in [-0.4, -0.2) is 36.9 Å². The summed E-state index contributed by atoms with van der Waals surface area (Å²) >= 11 is 3.38. The maximum Gasteiger partial charge on any atom is 0.243 e. The van der Waals surface area contributed by atoms with Gasteiger partial charge in [-0.05, 0) is 33.6 Å². The quantitative estimate of drug-likeness (QED) is 0.843. The average molecular weight is 313 g/mol. The van der Waals surface area contributed by atoms with E-state index in [1.165, 1.54) is 4.90 Å². The molecule has 0 aromatic heterocycles. The van der Waals surface area contributed by atoms with E-state index in [4.69, 9.17) is 4.74 Å². The number of carbonyl (C=O) groups is 2. The number of benzene rings is 1. The number of amides is 2. The van der Waals surface area contributed by atoms with Crippen molar-refractivity contribution in [2.75, 3.05) is 20.2 Å². The van der Waals surface area contributed by atoms with Crippen molar-refractivity contribution in [3.63, 3.8) is 0 Å². The van der Waals surface area contributed by atoms with Gasteiger partial charge in [0.25, 0.3) is 0 Å². The Morgan fingerprint density at radius 2 is 2.00 bits per heavy atom. The molecule has 1 N–H and O–H groups in total. The summed E-state index contributed by atoms with van der Waals surface area (Å²) in [5.74, 6) is 0.327. The highest BCUT2D eigenvalue weighted by Gasteiger charge is 2.25. The highest BCUT2D eigenvalue weighted by Crippen LogP contribution is 2.26. The predicted octanol–water partition coefficient (Wildman–Crippen LogP) is 0.916. The van der Waals surface area contributed by atoms with Crippen LogP contribution in [0.3, 0.4) is 0 Å². The van der Waals surface area contributed by atoms with Crippen molar-refractivity contribution in [2.45, 2.75) is 6.54 Å². The summed E-state index contributed by atoms with van der Waals surface area (Å²) in [6.45, 7) is 0.716. The lowest BCUT2D eigenvalue weighted by molar-refractivity contribution is -0.147. The van der Waals surface area contributed by atoms with Crippen LogP contribution in [0.4, 0.5) is 0 Å². The van der Waals surface area contributed by atoms with Crippen molar-refractivity contribution in [3.05, 3.63) is 28.2 Å². The number of methoxy groups -OCH3 is 1. The molecular weight excluding hydrogens is 300 g/mol. The molecular formula is C12H13BrN2O3. The molecule has 0 radical (unpaired) electrons. The SMILES string of the molecule is COc1ccc(CN2C(=O)CNCC2=O)cc1Br. The van der Waals surface area contributed by atoms with Crippen molar-refractivity contribution < 1.29 is 14.3 Å². The highest BCUT2D eigenvalue weighted by atomic mass is 79.9. The second-order valence-corrected chi connectivity index (χ2v) is 4.80. The molecule has 1 heterocycles. The minimum Gasteiger partial charge on any atom is -0.496 e. The van der Waals surface area contributed by atoms with E-state index >= 15 is 0 Å². The molecule has 1 saturated heterocycles. The Bertz CT molecular complexity index is 474. The van der Waals surface area contributed by atoms with Crippen molar-refractivity contribution in [3.8, 4) is 5.75 Å². The van der Waals surface area contributed by atoms with Crippen molar-refractivity contribution in [2.24, 2.45) is 0 Å². The molecule has 5 nitrogen and oxygen atoms in total. The summed E-state index contributed by atoms with van der Waals surface area (Å²) in [4.78, 5) is 24.5. The molecule has 18 heavy (non-hydrogen) atoms. The maximum absolute atomic E-state index is 11.6. The number of imide groups is 1. The van der Waals surface area contributed by atoms with E-state index in [2.05, 4.69) is 21.2 Å². The third-order valence-electron chi connectivity index (χ3n) is 2.71. The second kappa shape index (κ2) is 5.49. The second-order valence-electron chi connectivity index (χ2n) is 3.95. The number of nitrogens with one attached hydrogen (secondary N) is 1. The van der Waals surface area contributed by atoms with Crippen LogP contribution in [0.2, 0.25) is 0 Å². The van der Waals surface area contributed by atoms with Gasteiger partial charge in [0.2, 0.25) is 11.8 Å². The first-order valence-corrected chi connectivity index (χ1v) is 6.27. The van der Waals surface area contributed by atoms with Crippen LogP contribution >= 0.6 is 15.9 Å². The molecule has 0 atom stereocenters. The van der Waals surface area contributed by atoms with Gasteiger partial charge in [-0.25, -0.2) is 0 Å². The Kier molecular flexibility index (Phi) is 3.98. The summed E-state index contributed by atoms with van der Waals surface area (Å²) in [6, 6.07) is 5.49. The van der Waals surface area contributed by atoms with Gasteiger partial charge >= 0.3 is 0 Å². The standard InChI is InChI=1S/C12H13BrN2O3/c1-18-10-3-2-8(4-9(10)13)7-15-11(16)5-14-6-12(15)17/h2-4,14H,5-7H2,1H3. The van der Waals surface area contributed by atoms with Crippen LogP contribution in [0.25, 0.3) is 0 Å². The van der Waals surface area contributed by atoms with E-state index < -0.39 is 0 Å². The van der Waals surface area contributed by atoms with Crippen molar-refractivity contribution in [1.29, 1.82) is 0 Å². The molecule has 96 valence electrons. The van der Waals surface area contributed by atoms with Gasteiger partial charge in [-0.1, -0.05) is 6.07 Å². The number of rotatable bonds is 3. The fourth-order valence-electron chi connectivity index (χ4n) is 1.77. The van der Waals surface area contributed by atoms with Crippen molar-refractivity contribution >= 4 is 27.7 Å². The van der Waals surface area contributed by atoms with Crippen LogP contribution in [0.15, 0.2) is 22.7 Å². The van der Waals surface area contributed by atoms with Gasteiger partial charge < -0.3 is 4.74 Å². The number of piperazine rings is 1. The van der Waals surface area contributed by atoms with Crippen LogP contribution in [-0.2, 0) is 16.1 Å². The molecule has 1 aromatic rings. The molecule has 1 aliphatic heterocycles. The first-order valence-electron chi connectivity index (χ1n) is 5.48. The molecule has 0 saturated carbocycles. The average Bonchev–Trinajstić information content (AvgIpc) is 2.34. The van der Waals surface area contributed by atoms with E-state index in [0.717, 1.165) is 15.8 Å². The summed E-state index contributed by atoms with van der Waals surface area (Å²) in [5.41, 5.74) is 0.881. The lowest BCUT2D eigenvalue weighted by atomic mass is 10.2.